The molecule has 0 spiro atoms. The van der Waals surface area contributed by atoms with Crippen LogP contribution in [-0.2, 0) is 4.74 Å². The number of anilines is 3. The molecule has 0 aliphatic heterocycles. The molecule has 0 atom stereocenters. The van der Waals surface area contributed by atoms with Crippen LogP contribution in [0.4, 0.5) is 21.6 Å². The molecular weight excluding hydrogens is 363 g/mol. The lowest BCUT2D eigenvalue weighted by atomic mass is 10.2. The Morgan fingerprint density at radius 2 is 1.82 bits per heavy atom. The summed E-state index contributed by atoms with van der Waals surface area (Å²) in [5.74, 6) is -1.13. The third-order valence-corrected chi connectivity index (χ3v) is 3.69. The van der Waals surface area contributed by atoms with E-state index in [2.05, 4.69) is 20.6 Å². The van der Waals surface area contributed by atoms with Crippen molar-refractivity contribution in [1.82, 2.24) is 9.97 Å². The predicted octanol–water partition coefficient (Wildman–Crippen LogP) is 3.79. The number of rotatable bonds is 6. The number of hydrogen-bond donors (Lipinski definition) is 2. The normalized spacial score (nSPS) is 10.2. The molecule has 142 valence electrons. The molecule has 1 aromatic heterocycles. The molecule has 2 aromatic carbocycles. The van der Waals surface area contributed by atoms with E-state index in [4.69, 9.17) is 4.74 Å². The van der Waals surface area contributed by atoms with Crippen LogP contribution in [0.5, 0.6) is 0 Å². The van der Waals surface area contributed by atoms with E-state index in [-0.39, 0.29) is 11.4 Å². The van der Waals surface area contributed by atoms with Crippen molar-refractivity contribution in [3.05, 3.63) is 78.0 Å². The maximum Gasteiger partial charge on any atom is 0.338 e. The summed E-state index contributed by atoms with van der Waals surface area (Å²) in [4.78, 5) is 32.0. The molecule has 3 aromatic rings. The van der Waals surface area contributed by atoms with Crippen LogP contribution in [0, 0.1) is 5.82 Å². The van der Waals surface area contributed by atoms with Crippen molar-refractivity contribution in [2.75, 3.05) is 17.2 Å². The lowest BCUT2D eigenvalue weighted by Gasteiger charge is -2.09. The zero-order valence-corrected chi connectivity index (χ0v) is 15.0. The number of para-hydroxylation sites is 1. The predicted molar refractivity (Wildman–Crippen MR) is 102 cm³/mol. The number of nitrogens with one attached hydrogen (secondary N) is 2. The standard InChI is InChI=1S/C20H17FN4O3/c1-2-28-20(27)13-7-9-14(10-8-13)24-18-11-17(22-12-23-18)19(26)25-16-6-4-3-5-15(16)21/h3-12H,2H2,1H3,(H,25,26)(H,22,23,24). The van der Waals surface area contributed by atoms with Gasteiger partial charge in [0, 0.05) is 11.8 Å². The van der Waals surface area contributed by atoms with Crippen LogP contribution in [0.25, 0.3) is 0 Å². The number of hydrogen-bond acceptors (Lipinski definition) is 6. The van der Waals surface area contributed by atoms with Gasteiger partial charge in [-0.2, -0.15) is 0 Å². The summed E-state index contributed by atoms with van der Waals surface area (Å²) in [6.07, 6.45) is 1.23. The maximum absolute atomic E-state index is 13.7. The highest BCUT2D eigenvalue weighted by atomic mass is 19.1. The van der Waals surface area contributed by atoms with Crippen molar-refractivity contribution in [3.63, 3.8) is 0 Å². The van der Waals surface area contributed by atoms with Crippen molar-refractivity contribution in [2.24, 2.45) is 0 Å². The van der Waals surface area contributed by atoms with E-state index in [1.54, 1.807) is 37.3 Å². The topological polar surface area (TPSA) is 93.2 Å². The first-order valence-electron chi connectivity index (χ1n) is 8.49. The molecular formula is C20H17FN4O3. The van der Waals surface area contributed by atoms with Crippen molar-refractivity contribution in [1.29, 1.82) is 0 Å². The van der Waals surface area contributed by atoms with Crippen LogP contribution in [-0.4, -0.2) is 28.5 Å². The molecule has 0 saturated carbocycles. The molecule has 0 radical (unpaired) electrons. The van der Waals surface area contributed by atoms with Gasteiger partial charge < -0.3 is 15.4 Å². The fourth-order valence-corrected chi connectivity index (χ4v) is 2.35. The summed E-state index contributed by atoms with van der Waals surface area (Å²) in [6, 6.07) is 13.9. The minimum atomic E-state index is -0.562. The lowest BCUT2D eigenvalue weighted by molar-refractivity contribution is 0.0526. The van der Waals surface area contributed by atoms with Crippen molar-refractivity contribution < 1.29 is 18.7 Å². The highest BCUT2D eigenvalue weighted by molar-refractivity contribution is 6.03. The van der Waals surface area contributed by atoms with Crippen LogP contribution >= 0.6 is 0 Å². The van der Waals surface area contributed by atoms with Gasteiger partial charge >= 0.3 is 5.97 Å². The van der Waals surface area contributed by atoms with Crippen LogP contribution in [0.1, 0.15) is 27.8 Å². The van der Waals surface area contributed by atoms with E-state index >= 15 is 0 Å². The molecule has 7 nitrogen and oxygen atoms in total. The molecule has 8 heteroatoms. The molecule has 1 amide bonds. The number of benzene rings is 2. The van der Waals surface area contributed by atoms with Gasteiger partial charge in [-0.3, -0.25) is 4.79 Å². The van der Waals surface area contributed by atoms with E-state index in [0.717, 1.165) is 0 Å². The average Bonchev–Trinajstić information content (AvgIpc) is 2.70. The molecule has 0 bridgehead atoms. The number of aromatic nitrogens is 2. The molecule has 0 fully saturated rings. The van der Waals surface area contributed by atoms with Gasteiger partial charge in [0.2, 0.25) is 0 Å². The Bertz CT molecular complexity index is 993. The molecule has 0 unspecified atom stereocenters. The van der Waals surface area contributed by atoms with E-state index < -0.39 is 17.7 Å². The van der Waals surface area contributed by atoms with Gasteiger partial charge in [-0.1, -0.05) is 12.1 Å². The Kier molecular flexibility index (Phi) is 5.91. The second-order valence-electron chi connectivity index (χ2n) is 5.65. The second kappa shape index (κ2) is 8.72. The smallest absolute Gasteiger partial charge is 0.338 e. The van der Waals surface area contributed by atoms with Crippen LogP contribution < -0.4 is 10.6 Å². The van der Waals surface area contributed by atoms with Gasteiger partial charge in [-0.05, 0) is 43.3 Å². The van der Waals surface area contributed by atoms with Gasteiger partial charge in [0.05, 0.1) is 17.9 Å². The second-order valence-corrected chi connectivity index (χ2v) is 5.65. The zero-order chi connectivity index (χ0) is 19.9. The Morgan fingerprint density at radius 3 is 2.54 bits per heavy atom. The number of esters is 1. The Balaban J connectivity index is 1.70. The van der Waals surface area contributed by atoms with Gasteiger partial charge in [-0.15, -0.1) is 0 Å². The summed E-state index contributed by atoms with van der Waals surface area (Å²) in [5.41, 5.74) is 1.23. The van der Waals surface area contributed by atoms with E-state index in [0.29, 0.717) is 23.7 Å². The Labute approximate surface area is 160 Å². The summed E-state index contributed by atoms with van der Waals surface area (Å²) in [6.45, 7) is 2.04. The SMILES string of the molecule is CCOC(=O)c1ccc(Nc2cc(C(=O)Nc3ccccc3F)ncn2)cc1. The van der Waals surface area contributed by atoms with Gasteiger partial charge in [0.25, 0.3) is 5.91 Å². The van der Waals surface area contributed by atoms with Crippen LogP contribution in [0.2, 0.25) is 0 Å². The first kappa shape index (κ1) is 19.0. The van der Waals surface area contributed by atoms with E-state index in [1.807, 2.05) is 0 Å². The van der Waals surface area contributed by atoms with Gasteiger partial charge in [-0.25, -0.2) is 19.2 Å². The quantitative estimate of drug-likeness (QED) is 0.632. The average molecular weight is 380 g/mol. The molecule has 28 heavy (non-hydrogen) atoms. The number of ether oxygens (including phenoxy) is 1. The summed E-state index contributed by atoms with van der Waals surface area (Å²) >= 11 is 0. The number of halogens is 1. The lowest BCUT2D eigenvalue weighted by Crippen LogP contribution is -2.15. The fourth-order valence-electron chi connectivity index (χ4n) is 2.35. The molecule has 1 heterocycles. The third kappa shape index (κ3) is 4.67. The highest BCUT2D eigenvalue weighted by Crippen LogP contribution is 2.17. The summed E-state index contributed by atoms with van der Waals surface area (Å²) < 4.78 is 18.6. The Hall–Kier alpha value is -3.81. The van der Waals surface area contributed by atoms with Gasteiger partial charge in [0.15, 0.2) is 0 Å². The molecule has 3 rings (SSSR count). The monoisotopic (exact) mass is 380 g/mol. The third-order valence-electron chi connectivity index (χ3n) is 3.69. The molecule has 2 N–H and O–H groups in total. The minimum absolute atomic E-state index is 0.0650. The molecule has 0 aliphatic carbocycles. The fraction of sp³-hybridized carbons (Fsp3) is 0.100. The first-order chi connectivity index (χ1) is 13.6. The number of amides is 1. The summed E-state index contributed by atoms with van der Waals surface area (Å²) in [7, 11) is 0. The van der Waals surface area contributed by atoms with Crippen LogP contribution in [0.15, 0.2) is 60.9 Å². The maximum atomic E-state index is 13.7. The largest absolute Gasteiger partial charge is 0.462 e. The van der Waals surface area contributed by atoms with Gasteiger partial charge in [0.1, 0.15) is 23.7 Å². The summed E-state index contributed by atoms with van der Waals surface area (Å²) in [5, 5.41) is 5.48. The molecule has 0 saturated heterocycles. The minimum Gasteiger partial charge on any atom is -0.462 e. The number of carbonyl (C=O) groups is 2. The number of carbonyl (C=O) groups excluding carboxylic acids is 2. The highest BCUT2D eigenvalue weighted by Gasteiger charge is 2.12. The number of nitrogens with zero attached hydrogens (tertiary/aromatic N) is 2. The van der Waals surface area contributed by atoms with Crippen molar-refractivity contribution in [2.45, 2.75) is 6.92 Å². The van der Waals surface area contributed by atoms with E-state index in [9.17, 15) is 14.0 Å². The zero-order valence-electron chi connectivity index (χ0n) is 15.0. The Morgan fingerprint density at radius 1 is 1.07 bits per heavy atom. The van der Waals surface area contributed by atoms with Crippen LogP contribution in [0.3, 0.4) is 0 Å². The van der Waals surface area contributed by atoms with Crippen molar-refractivity contribution >= 4 is 29.1 Å². The van der Waals surface area contributed by atoms with E-state index in [1.165, 1.54) is 30.6 Å². The molecule has 0 aliphatic rings. The van der Waals surface area contributed by atoms with Crippen molar-refractivity contribution in [3.8, 4) is 0 Å². The first-order valence-corrected chi connectivity index (χ1v) is 8.49.